The Morgan fingerprint density at radius 3 is 2.22 bits per heavy atom. The molecule has 32 heavy (non-hydrogen) atoms. The Kier molecular flexibility index (Phi) is 6.92. The predicted molar refractivity (Wildman–Crippen MR) is 113 cm³/mol. The minimum Gasteiger partial charge on any atom is -0.496 e. The Morgan fingerprint density at radius 1 is 0.938 bits per heavy atom. The zero-order chi connectivity index (χ0) is 23.4. The number of fused-ring (bicyclic) bond motifs is 1. The summed E-state index contributed by atoms with van der Waals surface area (Å²) in [5, 5.41) is 0.664. The standard InChI is InChI=1S/C22H24F2N2O6/c1-26(11-12-6-7-15(32-22(23)24)17(8-12)29-3)21(27)14-9-13-16(28-2)10-18(30-4)20(31-5)19(13)25-14/h6-10,22,25H,11H2,1-5H3. The molecule has 1 amide bonds. The maximum atomic E-state index is 13.1. The van der Waals surface area contributed by atoms with Gasteiger partial charge in [0.2, 0.25) is 0 Å². The third kappa shape index (κ3) is 4.48. The van der Waals surface area contributed by atoms with Crippen LogP contribution in [-0.4, -0.2) is 57.9 Å². The number of benzene rings is 2. The second-order valence-corrected chi connectivity index (χ2v) is 6.81. The third-order valence-electron chi connectivity index (χ3n) is 4.88. The molecule has 0 fully saturated rings. The van der Waals surface area contributed by atoms with Crippen molar-refractivity contribution in [2.75, 3.05) is 35.5 Å². The molecule has 0 aliphatic carbocycles. The number of ether oxygens (including phenoxy) is 5. The Labute approximate surface area is 183 Å². The molecular formula is C22H24F2N2O6. The number of halogens is 2. The topological polar surface area (TPSA) is 82.3 Å². The van der Waals surface area contributed by atoms with E-state index in [0.717, 1.165) is 0 Å². The molecule has 1 heterocycles. The van der Waals surface area contributed by atoms with E-state index >= 15 is 0 Å². The Hall–Kier alpha value is -3.69. The van der Waals surface area contributed by atoms with E-state index in [2.05, 4.69) is 9.72 Å². The van der Waals surface area contributed by atoms with Crippen LogP contribution in [0, 0.1) is 0 Å². The first-order valence-corrected chi connectivity index (χ1v) is 9.51. The summed E-state index contributed by atoms with van der Waals surface area (Å²) in [5.41, 5.74) is 1.56. The summed E-state index contributed by atoms with van der Waals surface area (Å²) in [6.45, 7) is -2.76. The van der Waals surface area contributed by atoms with Gasteiger partial charge in [-0.25, -0.2) is 0 Å². The van der Waals surface area contributed by atoms with Gasteiger partial charge in [-0.1, -0.05) is 6.07 Å². The first-order chi connectivity index (χ1) is 15.3. The Morgan fingerprint density at radius 2 is 1.62 bits per heavy atom. The number of rotatable bonds is 9. The number of carbonyl (C=O) groups is 1. The van der Waals surface area contributed by atoms with E-state index in [1.165, 1.54) is 39.4 Å². The van der Waals surface area contributed by atoms with Crippen LogP contribution in [-0.2, 0) is 6.54 Å². The molecule has 0 unspecified atom stereocenters. The van der Waals surface area contributed by atoms with Gasteiger partial charge in [0, 0.05) is 25.0 Å². The van der Waals surface area contributed by atoms with Crippen molar-refractivity contribution in [1.29, 1.82) is 0 Å². The van der Waals surface area contributed by atoms with Gasteiger partial charge in [-0.15, -0.1) is 0 Å². The fourth-order valence-corrected chi connectivity index (χ4v) is 3.41. The van der Waals surface area contributed by atoms with E-state index in [9.17, 15) is 13.6 Å². The monoisotopic (exact) mass is 450 g/mol. The van der Waals surface area contributed by atoms with Crippen LogP contribution >= 0.6 is 0 Å². The van der Waals surface area contributed by atoms with Crippen molar-refractivity contribution < 1.29 is 37.3 Å². The summed E-state index contributed by atoms with van der Waals surface area (Å²) in [4.78, 5) is 17.6. The van der Waals surface area contributed by atoms with Crippen molar-refractivity contribution in [3.8, 4) is 28.7 Å². The number of amides is 1. The number of hydrogen-bond donors (Lipinski definition) is 1. The third-order valence-corrected chi connectivity index (χ3v) is 4.88. The lowest BCUT2D eigenvalue weighted by Gasteiger charge is -2.18. The zero-order valence-corrected chi connectivity index (χ0v) is 18.3. The number of alkyl halides is 2. The van der Waals surface area contributed by atoms with Crippen molar-refractivity contribution in [2.24, 2.45) is 0 Å². The Balaban J connectivity index is 1.89. The molecule has 10 heteroatoms. The normalized spacial score (nSPS) is 10.9. The molecule has 3 rings (SSSR count). The van der Waals surface area contributed by atoms with Crippen LogP contribution in [0.25, 0.3) is 10.9 Å². The Bertz CT molecular complexity index is 1120. The number of aromatic amines is 1. The van der Waals surface area contributed by atoms with Crippen molar-refractivity contribution in [1.82, 2.24) is 9.88 Å². The van der Waals surface area contributed by atoms with Gasteiger partial charge in [0.15, 0.2) is 23.0 Å². The van der Waals surface area contributed by atoms with Gasteiger partial charge in [-0.3, -0.25) is 4.79 Å². The highest BCUT2D eigenvalue weighted by atomic mass is 19.3. The molecule has 0 saturated carbocycles. The fraction of sp³-hybridized carbons (Fsp3) is 0.318. The molecule has 0 saturated heterocycles. The maximum absolute atomic E-state index is 13.1. The summed E-state index contributed by atoms with van der Waals surface area (Å²) in [6, 6.07) is 7.87. The van der Waals surface area contributed by atoms with Gasteiger partial charge in [-0.2, -0.15) is 8.78 Å². The van der Waals surface area contributed by atoms with Crippen molar-refractivity contribution in [3.05, 3.63) is 41.6 Å². The predicted octanol–water partition coefficient (Wildman–Crippen LogP) is 4.08. The van der Waals surface area contributed by atoms with Gasteiger partial charge in [0.1, 0.15) is 11.4 Å². The molecule has 0 radical (unpaired) electrons. The molecule has 8 nitrogen and oxygen atoms in total. The van der Waals surface area contributed by atoms with Crippen molar-refractivity contribution >= 4 is 16.8 Å². The van der Waals surface area contributed by atoms with Crippen LogP contribution in [0.2, 0.25) is 0 Å². The molecule has 1 aromatic heterocycles. The van der Waals surface area contributed by atoms with Crippen molar-refractivity contribution in [2.45, 2.75) is 13.2 Å². The van der Waals surface area contributed by atoms with Crippen LogP contribution in [0.5, 0.6) is 28.7 Å². The minimum atomic E-state index is -2.96. The maximum Gasteiger partial charge on any atom is 0.387 e. The summed E-state index contributed by atoms with van der Waals surface area (Å²) >= 11 is 0. The van der Waals surface area contributed by atoms with Gasteiger partial charge < -0.3 is 33.6 Å². The number of nitrogens with one attached hydrogen (secondary N) is 1. The summed E-state index contributed by atoms with van der Waals surface area (Å²) in [5.74, 6) is 1.21. The molecule has 1 N–H and O–H groups in total. The minimum absolute atomic E-state index is 0.0796. The van der Waals surface area contributed by atoms with Crippen LogP contribution in [0.1, 0.15) is 16.1 Å². The quantitative estimate of drug-likeness (QED) is 0.529. The van der Waals surface area contributed by atoms with Crippen molar-refractivity contribution in [3.63, 3.8) is 0 Å². The van der Waals surface area contributed by atoms with Gasteiger partial charge in [-0.05, 0) is 23.8 Å². The fourth-order valence-electron chi connectivity index (χ4n) is 3.41. The van der Waals surface area contributed by atoms with Crippen LogP contribution in [0.3, 0.4) is 0 Å². The number of methoxy groups -OCH3 is 4. The number of aromatic nitrogens is 1. The number of hydrogen-bond acceptors (Lipinski definition) is 6. The molecule has 2 aromatic carbocycles. The largest absolute Gasteiger partial charge is 0.496 e. The van der Waals surface area contributed by atoms with Crippen LogP contribution < -0.4 is 23.7 Å². The summed E-state index contributed by atoms with van der Waals surface area (Å²) in [6.07, 6.45) is 0. The van der Waals surface area contributed by atoms with E-state index in [0.29, 0.717) is 39.4 Å². The SMILES string of the molecule is COc1cc(CN(C)C(=O)c2cc3c(OC)cc(OC)c(OC)c3[nH]2)ccc1OC(F)F. The highest BCUT2D eigenvalue weighted by molar-refractivity contribution is 6.02. The lowest BCUT2D eigenvalue weighted by molar-refractivity contribution is -0.0512. The molecule has 0 bridgehead atoms. The lowest BCUT2D eigenvalue weighted by atomic mass is 10.1. The van der Waals surface area contributed by atoms with Gasteiger partial charge in [0.05, 0.1) is 34.0 Å². The first-order valence-electron chi connectivity index (χ1n) is 9.51. The summed E-state index contributed by atoms with van der Waals surface area (Å²) < 4.78 is 50.8. The van der Waals surface area contributed by atoms with E-state index in [1.54, 1.807) is 31.3 Å². The summed E-state index contributed by atoms with van der Waals surface area (Å²) in [7, 11) is 7.52. The molecular weight excluding hydrogens is 426 g/mol. The zero-order valence-electron chi connectivity index (χ0n) is 18.3. The average Bonchev–Trinajstić information content (AvgIpc) is 3.23. The van der Waals surface area contributed by atoms with E-state index < -0.39 is 6.61 Å². The smallest absolute Gasteiger partial charge is 0.387 e. The molecule has 172 valence electrons. The van der Waals surface area contributed by atoms with Gasteiger partial charge >= 0.3 is 6.61 Å². The lowest BCUT2D eigenvalue weighted by Crippen LogP contribution is -2.26. The van der Waals surface area contributed by atoms with Crippen LogP contribution in [0.15, 0.2) is 30.3 Å². The second-order valence-electron chi connectivity index (χ2n) is 6.81. The van der Waals surface area contributed by atoms with E-state index in [1.807, 2.05) is 0 Å². The van der Waals surface area contributed by atoms with E-state index in [-0.39, 0.29) is 24.0 Å². The van der Waals surface area contributed by atoms with Gasteiger partial charge in [0.25, 0.3) is 5.91 Å². The molecule has 0 aliphatic rings. The highest BCUT2D eigenvalue weighted by Gasteiger charge is 2.22. The second kappa shape index (κ2) is 9.63. The first kappa shape index (κ1) is 23.0. The van der Waals surface area contributed by atoms with E-state index in [4.69, 9.17) is 18.9 Å². The molecule has 0 aliphatic heterocycles. The van der Waals surface area contributed by atoms with Crippen LogP contribution in [0.4, 0.5) is 8.78 Å². The number of H-pyrrole nitrogens is 1. The molecule has 0 spiro atoms. The molecule has 3 aromatic rings. The number of nitrogens with zero attached hydrogens (tertiary/aromatic N) is 1. The highest BCUT2D eigenvalue weighted by Crippen LogP contribution is 2.41. The molecule has 0 atom stereocenters. The number of carbonyl (C=O) groups excluding carboxylic acids is 1. The average molecular weight is 450 g/mol.